The molecule has 0 fully saturated rings. The van der Waals surface area contributed by atoms with Crippen LogP contribution in [0.4, 0.5) is 0 Å². The van der Waals surface area contributed by atoms with Gasteiger partial charge in [-0.1, -0.05) is 60.7 Å². The molecule has 2 aromatic rings. The number of allylic oxidation sites excluding steroid dienone is 12. The third-order valence-corrected chi connectivity index (χ3v) is 6.39. The highest BCUT2D eigenvalue weighted by atomic mass is 14.8. The zero-order chi connectivity index (χ0) is 23.9. The minimum absolute atomic E-state index is 0.864. The summed E-state index contributed by atoms with van der Waals surface area (Å²) in [4.78, 5) is 19.8. The highest BCUT2D eigenvalue weighted by molar-refractivity contribution is 6.34. The van der Waals surface area contributed by atoms with E-state index in [0.717, 1.165) is 67.9 Å². The molecular formula is C32H20N4. The van der Waals surface area contributed by atoms with Gasteiger partial charge in [0.15, 0.2) is 0 Å². The molecule has 0 aromatic heterocycles. The van der Waals surface area contributed by atoms with Gasteiger partial charge >= 0.3 is 0 Å². The number of fused-ring (bicyclic) bond motifs is 4. The van der Waals surface area contributed by atoms with Gasteiger partial charge in [0.2, 0.25) is 0 Å². The zero-order valence-corrected chi connectivity index (χ0v) is 19.3. The van der Waals surface area contributed by atoms with Gasteiger partial charge in [-0.05, 0) is 71.9 Å². The molecule has 0 atom stereocenters. The van der Waals surface area contributed by atoms with Gasteiger partial charge in [-0.2, -0.15) is 0 Å². The Hall–Kier alpha value is -4.96. The Kier molecular flexibility index (Phi) is 4.74. The predicted octanol–water partition coefficient (Wildman–Crippen LogP) is 6.63. The quantitative estimate of drug-likeness (QED) is 0.483. The van der Waals surface area contributed by atoms with Crippen molar-refractivity contribution in [2.24, 2.45) is 20.0 Å². The largest absolute Gasteiger partial charge is 0.248 e. The summed E-state index contributed by atoms with van der Waals surface area (Å²) in [6.07, 6.45) is 20.4. The first-order valence-corrected chi connectivity index (χ1v) is 11.9. The monoisotopic (exact) mass is 460 g/mol. The average Bonchev–Trinajstić information content (AvgIpc) is 3.72. The Bertz CT molecular complexity index is 1550. The normalized spacial score (nSPS) is 19.4. The lowest BCUT2D eigenvalue weighted by molar-refractivity contribution is 1.41. The van der Waals surface area contributed by atoms with E-state index < -0.39 is 0 Å². The van der Waals surface area contributed by atoms with E-state index in [-0.39, 0.29) is 0 Å². The van der Waals surface area contributed by atoms with Crippen LogP contribution in [-0.2, 0) is 0 Å². The predicted molar refractivity (Wildman–Crippen MR) is 149 cm³/mol. The van der Waals surface area contributed by atoms with E-state index in [9.17, 15) is 0 Å². The standard InChI is InChI=1S/C32H20N4/c1-3-7-21(8-4-1)31-27-15-11-23(33-27)19-25-13-17-29(35-25)32(22-9-5-2-6-10-22)30-18-14-26(36-30)20-24-12-16-28(31)34-24/h1-20H. The first-order chi connectivity index (χ1) is 17.8. The number of rotatable bonds is 2. The Labute approximate surface area is 209 Å². The lowest BCUT2D eigenvalue weighted by Crippen LogP contribution is -2.00. The Morgan fingerprint density at radius 2 is 0.833 bits per heavy atom. The second kappa shape index (κ2) is 8.36. The van der Waals surface area contributed by atoms with Gasteiger partial charge in [-0.3, -0.25) is 0 Å². The van der Waals surface area contributed by atoms with Crippen molar-refractivity contribution in [2.45, 2.75) is 0 Å². The van der Waals surface area contributed by atoms with Crippen LogP contribution < -0.4 is 0 Å². The fourth-order valence-corrected chi connectivity index (χ4v) is 4.76. The molecule has 36 heavy (non-hydrogen) atoms. The summed E-state index contributed by atoms with van der Waals surface area (Å²) in [5.41, 5.74) is 11.2. The third kappa shape index (κ3) is 3.65. The fraction of sp³-hybridized carbons (Fsp3) is 0. The Balaban J connectivity index is 1.45. The van der Waals surface area contributed by atoms with E-state index in [4.69, 9.17) is 20.0 Å². The third-order valence-electron chi connectivity index (χ3n) is 6.39. The van der Waals surface area contributed by atoms with Crippen LogP contribution in [0.25, 0.3) is 11.1 Å². The molecule has 0 radical (unpaired) electrons. The van der Waals surface area contributed by atoms with Gasteiger partial charge in [-0.25, -0.2) is 20.0 Å². The van der Waals surface area contributed by atoms with Gasteiger partial charge in [-0.15, -0.1) is 0 Å². The fourth-order valence-electron chi connectivity index (χ4n) is 4.76. The summed E-state index contributed by atoms with van der Waals surface area (Å²) in [5.74, 6) is 0. The molecule has 0 amide bonds. The average molecular weight is 461 g/mol. The molecule has 5 aliphatic rings. The number of nitrogens with zero attached hydrogens (tertiary/aromatic N) is 4. The SMILES string of the molecule is C1=CC2=NC1=CC1=NC(=C(c3ccccc3)C3=NC(=CC4=NC(=C2c2ccccc2)C=C4)C=C3)C=C1. The molecule has 0 saturated heterocycles. The minimum atomic E-state index is 0.864. The van der Waals surface area contributed by atoms with E-state index >= 15 is 0 Å². The van der Waals surface area contributed by atoms with E-state index in [1.807, 2.05) is 72.9 Å². The van der Waals surface area contributed by atoms with Crippen molar-refractivity contribution in [1.29, 1.82) is 0 Å². The van der Waals surface area contributed by atoms with Crippen molar-refractivity contribution < 1.29 is 0 Å². The van der Waals surface area contributed by atoms with E-state index in [0.29, 0.717) is 0 Å². The molecule has 2 aromatic carbocycles. The van der Waals surface area contributed by atoms with Crippen LogP contribution in [0.15, 0.2) is 164 Å². The highest BCUT2D eigenvalue weighted by Gasteiger charge is 2.21. The molecule has 0 unspecified atom stereocenters. The van der Waals surface area contributed by atoms with Crippen molar-refractivity contribution in [3.63, 3.8) is 0 Å². The van der Waals surface area contributed by atoms with Crippen LogP contribution in [0.5, 0.6) is 0 Å². The summed E-state index contributed by atoms with van der Waals surface area (Å²) < 4.78 is 0. The summed E-state index contributed by atoms with van der Waals surface area (Å²) in [5, 5.41) is 0. The lowest BCUT2D eigenvalue weighted by atomic mass is 9.99. The van der Waals surface area contributed by atoms with Crippen molar-refractivity contribution in [1.82, 2.24) is 0 Å². The molecule has 0 aliphatic carbocycles. The molecule has 5 aliphatic heterocycles. The molecular weight excluding hydrogens is 440 g/mol. The van der Waals surface area contributed by atoms with Gasteiger partial charge in [0.05, 0.1) is 45.6 Å². The van der Waals surface area contributed by atoms with Crippen LogP contribution in [0.1, 0.15) is 11.1 Å². The lowest BCUT2D eigenvalue weighted by Gasteiger charge is -2.09. The minimum Gasteiger partial charge on any atom is -0.248 e. The molecule has 0 spiro atoms. The molecule has 5 heterocycles. The summed E-state index contributed by atoms with van der Waals surface area (Å²) in [7, 11) is 0. The second-order valence-electron chi connectivity index (χ2n) is 8.79. The topological polar surface area (TPSA) is 49.4 Å². The zero-order valence-electron chi connectivity index (χ0n) is 19.3. The molecule has 0 saturated carbocycles. The first-order valence-electron chi connectivity index (χ1n) is 11.9. The van der Waals surface area contributed by atoms with Crippen LogP contribution >= 0.6 is 0 Å². The van der Waals surface area contributed by atoms with E-state index in [1.54, 1.807) is 0 Å². The van der Waals surface area contributed by atoms with Gasteiger partial charge in [0, 0.05) is 11.1 Å². The van der Waals surface area contributed by atoms with Crippen LogP contribution in [0.3, 0.4) is 0 Å². The number of benzene rings is 2. The van der Waals surface area contributed by atoms with Gasteiger partial charge < -0.3 is 0 Å². The Morgan fingerprint density at radius 3 is 1.28 bits per heavy atom. The number of hydrogen-bond donors (Lipinski definition) is 0. The molecule has 4 heteroatoms. The first kappa shape index (κ1) is 20.4. The maximum absolute atomic E-state index is 4.95. The number of hydrogen-bond acceptors (Lipinski definition) is 4. The maximum Gasteiger partial charge on any atom is 0.0737 e. The second-order valence-corrected chi connectivity index (χ2v) is 8.79. The van der Waals surface area contributed by atoms with Crippen molar-refractivity contribution in [3.8, 4) is 0 Å². The summed E-state index contributed by atoms with van der Waals surface area (Å²) >= 11 is 0. The van der Waals surface area contributed by atoms with Crippen molar-refractivity contribution in [2.75, 3.05) is 0 Å². The van der Waals surface area contributed by atoms with Crippen LogP contribution in [-0.4, -0.2) is 22.8 Å². The van der Waals surface area contributed by atoms with Gasteiger partial charge in [0.1, 0.15) is 0 Å². The molecule has 168 valence electrons. The van der Waals surface area contributed by atoms with Crippen molar-refractivity contribution in [3.05, 3.63) is 155 Å². The Morgan fingerprint density at radius 1 is 0.389 bits per heavy atom. The van der Waals surface area contributed by atoms with Crippen LogP contribution in [0, 0.1) is 0 Å². The smallest absolute Gasteiger partial charge is 0.0737 e. The summed E-state index contributed by atoms with van der Waals surface area (Å²) in [6.45, 7) is 0. The van der Waals surface area contributed by atoms with E-state index in [2.05, 4.69) is 48.6 Å². The molecule has 4 nitrogen and oxygen atoms in total. The molecule has 0 N–H and O–H groups in total. The summed E-state index contributed by atoms with van der Waals surface area (Å²) in [6, 6.07) is 20.6. The van der Waals surface area contributed by atoms with E-state index in [1.165, 1.54) is 0 Å². The van der Waals surface area contributed by atoms with Crippen LogP contribution in [0.2, 0.25) is 0 Å². The van der Waals surface area contributed by atoms with Crippen molar-refractivity contribution >= 4 is 34.0 Å². The highest BCUT2D eigenvalue weighted by Crippen LogP contribution is 2.32. The molecule has 7 rings (SSSR count). The number of aliphatic imine (C=N–C) groups is 4. The van der Waals surface area contributed by atoms with Gasteiger partial charge in [0.25, 0.3) is 0 Å². The molecule has 8 bridgehead atoms. The maximum atomic E-state index is 4.95.